The number of para-hydroxylation sites is 2. The fourth-order valence-electron chi connectivity index (χ4n) is 2.54. The highest BCUT2D eigenvalue weighted by Crippen LogP contribution is 2.31. The number of rotatable bonds is 3. The zero-order chi connectivity index (χ0) is 18.7. The van der Waals surface area contributed by atoms with E-state index in [1.54, 1.807) is 24.3 Å². The molecule has 0 saturated carbocycles. The zero-order valence-corrected chi connectivity index (χ0v) is 15.5. The van der Waals surface area contributed by atoms with Crippen molar-refractivity contribution < 1.29 is 14.3 Å². The Labute approximate surface area is 153 Å². The predicted molar refractivity (Wildman–Crippen MR) is 98.7 cm³/mol. The van der Waals surface area contributed by atoms with Crippen LogP contribution in [0.4, 0.5) is 10.5 Å². The number of anilines is 1. The Morgan fingerprint density at radius 2 is 1.88 bits per heavy atom. The number of nitrogens with zero attached hydrogens (tertiary/aromatic N) is 3. The quantitative estimate of drug-likeness (QED) is 0.914. The second-order valence-electron chi connectivity index (χ2n) is 7.35. The molecule has 1 atom stereocenters. The molecule has 1 aromatic carbocycles. The Hall–Kier alpha value is -2.83. The van der Waals surface area contributed by atoms with Gasteiger partial charge in [-0.05, 0) is 12.1 Å². The smallest absolute Gasteiger partial charge is 0.321 e. The number of nitrogens with one attached hydrogen (secondary N) is 1. The van der Waals surface area contributed by atoms with Gasteiger partial charge in [0.15, 0.2) is 17.6 Å². The van der Waals surface area contributed by atoms with Crippen molar-refractivity contribution in [3.8, 4) is 11.5 Å². The maximum Gasteiger partial charge on any atom is 0.321 e. The van der Waals surface area contributed by atoms with Gasteiger partial charge in [-0.3, -0.25) is 0 Å². The Bertz CT molecular complexity index is 771. The molecule has 7 heteroatoms. The molecule has 0 radical (unpaired) electrons. The molecule has 2 amide bonds. The minimum Gasteiger partial charge on any atom is -0.486 e. The van der Waals surface area contributed by atoms with E-state index in [9.17, 15) is 4.79 Å². The summed E-state index contributed by atoms with van der Waals surface area (Å²) >= 11 is 0. The zero-order valence-electron chi connectivity index (χ0n) is 15.5. The van der Waals surface area contributed by atoms with Crippen LogP contribution in [0.3, 0.4) is 0 Å². The van der Waals surface area contributed by atoms with Crippen LogP contribution in [0.5, 0.6) is 11.5 Å². The highest BCUT2D eigenvalue weighted by molar-refractivity contribution is 5.88. The molecule has 1 unspecified atom stereocenters. The number of amides is 2. The van der Waals surface area contributed by atoms with Crippen LogP contribution in [-0.2, 0) is 5.41 Å². The second-order valence-corrected chi connectivity index (χ2v) is 7.35. The lowest BCUT2D eigenvalue weighted by Crippen LogP contribution is -2.43. The van der Waals surface area contributed by atoms with Gasteiger partial charge in [-0.25, -0.2) is 14.8 Å². The highest BCUT2D eigenvalue weighted by Gasteiger charge is 2.24. The van der Waals surface area contributed by atoms with E-state index in [1.165, 1.54) is 0 Å². The number of hydrogen-bond acceptors (Lipinski definition) is 5. The second kappa shape index (κ2) is 7.19. The summed E-state index contributed by atoms with van der Waals surface area (Å²) in [5.41, 5.74) is 0.425. The van der Waals surface area contributed by atoms with Crippen molar-refractivity contribution in [1.82, 2.24) is 14.9 Å². The van der Waals surface area contributed by atoms with Crippen LogP contribution in [0.2, 0.25) is 0 Å². The summed E-state index contributed by atoms with van der Waals surface area (Å²) in [6, 6.07) is 7.26. The van der Waals surface area contributed by atoms with E-state index < -0.39 is 0 Å². The van der Waals surface area contributed by atoms with E-state index in [1.807, 2.05) is 45.0 Å². The van der Waals surface area contributed by atoms with Crippen LogP contribution in [0.15, 0.2) is 36.7 Å². The van der Waals surface area contributed by atoms with Gasteiger partial charge in [0.25, 0.3) is 0 Å². The Balaban J connectivity index is 1.55. The predicted octanol–water partition coefficient (Wildman–Crippen LogP) is 3.08. The van der Waals surface area contributed by atoms with Crippen LogP contribution in [0, 0.1) is 0 Å². The molecule has 0 bridgehead atoms. The van der Waals surface area contributed by atoms with Crippen LogP contribution in [-0.4, -0.2) is 47.2 Å². The van der Waals surface area contributed by atoms with E-state index in [2.05, 4.69) is 15.3 Å². The topological polar surface area (TPSA) is 76.6 Å². The first kappa shape index (κ1) is 18.0. The highest BCUT2D eigenvalue weighted by atomic mass is 16.6. The van der Waals surface area contributed by atoms with Crippen molar-refractivity contribution in [2.24, 2.45) is 0 Å². The first-order valence-corrected chi connectivity index (χ1v) is 8.56. The minimum atomic E-state index is -0.250. The van der Waals surface area contributed by atoms with Gasteiger partial charge < -0.3 is 19.7 Å². The number of aromatic nitrogens is 2. The molecule has 2 heterocycles. The number of hydrogen-bond donors (Lipinski definition) is 1. The first-order valence-electron chi connectivity index (χ1n) is 8.56. The van der Waals surface area contributed by atoms with Gasteiger partial charge in [-0.15, -0.1) is 0 Å². The SMILES string of the molecule is CN(CC1COc2ccccc2O1)C(=O)Nc1cnc(C(C)(C)C)nc1. The number of fused-ring (bicyclic) bond motifs is 1. The molecule has 0 saturated heterocycles. The number of ether oxygens (including phenoxy) is 2. The van der Waals surface area contributed by atoms with Gasteiger partial charge in [0.2, 0.25) is 0 Å². The molecule has 1 N–H and O–H groups in total. The van der Waals surface area contributed by atoms with Gasteiger partial charge >= 0.3 is 6.03 Å². The number of likely N-dealkylation sites (N-methyl/N-ethyl adjacent to an activating group) is 1. The summed E-state index contributed by atoms with van der Waals surface area (Å²) in [5.74, 6) is 2.16. The molecule has 26 heavy (non-hydrogen) atoms. The van der Waals surface area contributed by atoms with E-state index in [0.717, 1.165) is 11.6 Å². The number of urea groups is 1. The number of carbonyl (C=O) groups is 1. The molecule has 1 aromatic heterocycles. The third-order valence-electron chi connectivity index (χ3n) is 3.97. The average molecular weight is 356 g/mol. The van der Waals surface area contributed by atoms with Crippen LogP contribution >= 0.6 is 0 Å². The summed E-state index contributed by atoms with van der Waals surface area (Å²) in [6.45, 7) is 6.93. The largest absolute Gasteiger partial charge is 0.486 e. The number of benzene rings is 1. The van der Waals surface area contributed by atoms with Crippen LogP contribution in [0.25, 0.3) is 0 Å². The molecule has 1 aliphatic heterocycles. The monoisotopic (exact) mass is 356 g/mol. The molecule has 1 aliphatic rings. The van der Waals surface area contributed by atoms with Gasteiger partial charge in [-0.2, -0.15) is 0 Å². The van der Waals surface area contributed by atoms with E-state index in [4.69, 9.17) is 9.47 Å². The third-order valence-corrected chi connectivity index (χ3v) is 3.97. The van der Waals surface area contributed by atoms with Crippen LogP contribution in [0.1, 0.15) is 26.6 Å². The molecular formula is C19H24N4O3. The molecule has 2 aromatic rings. The van der Waals surface area contributed by atoms with Gasteiger partial charge in [0.1, 0.15) is 12.4 Å². The van der Waals surface area contributed by atoms with E-state index in [0.29, 0.717) is 24.6 Å². The van der Waals surface area contributed by atoms with Crippen molar-refractivity contribution in [3.63, 3.8) is 0 Å². The first-order chi connectivity index (χ1) is 12.3. The maximum atomic E-state index is 12.4. The summed E-state index contributed by atoms with van der Waals surface area (Å²) in [4.78, 5) is 22.6. The summed E-state index contributed by atoms with van der Waals surface area (Å²) in [6.07, 6.45) is 3.02. The molecule has 0 spiro atoms. The van der Waals surface area contributed by atoms with E-state index in [-0.39, 0.29) is 17.6 Å². The van der Waals surface area contributed by atoms with E-state index >= 15 is 0 Å². The lowest BCUT2D eigenvalue weighted by molar-refractivity contribution is 0.0731. The lowest BCUT2D eigenvalue weighted by atomic mass is 9.96. The molecule has 0 fully saturated rings. The summed E-state index contributed by atoms with van der Waals surface area (Å²) in [7, 11) is 1.71. The molecule has 0 aliphatic carbocycles. The molecule has 7 nitrogen and oxygen atoms in total. The van der Waals surface area contributed by atoms with Crippen molar-refractivity contribution in [1.29, 1.82) is 0 Å². The molecule has 138 valence electrons. The van der Waals surface area contributed by atoms with Crippen molar-refractivity contribution in [3.05, 3.63) is 42.5 Å². The van der Waals surface area contributed by atoms with Crippen molar-refractivity contribution in [2.45, 2.75) is 32.3 Å². The van der Waals surface area contributed by atoms with Gasteiger partial charge in [-0.1, -0.05) is 32.9 Å². The third kappa shape index (κ3) is 4.22. The number of carbonyl (C=O) groups excluding carboxylic acids is 1. The normalized spacial score (nSPS) is 16.1. The summed E-state index contributed by atoms with van der Waals surface area (Å²) in [5, 5.41) is 2.79. The standard InChI is InChI=1S/C19H24N4O3/c1-19(2,3)17-20-9-13(10-21-17)22-18(24)23(4)11-14-12-25-15-7-5-6-8-16(15)26-14/h5-10,14H,11-12H2,1-4H3,(H,22,24). The minimum absolute atomic E-state index is 0.131. The van der Waals surface area contributed by atoms with Gasteiger partial charge in [0, 0.05) is 12.5 Å². The maximum absolute atomic E-state index is 12.4. The Morgan fingerprint density at radius 3 is 2.54 bits per heavy atom. The fourth-order valence-corrected chi connectivity index (χ4v) is 2.54. The molecule has 3 rings (SSSR count). The van der Waals surface area contributed by atoms with Crippen molar-refractivity contribution >= 4 is 11.7 Å². The fraction of sp³-hybridized carbons (Fsp3) is 0.421. The Morgan fingerprint density at radius 1 is 1.23 bits per heavy atom. The molecular weight excluding hydrogens is 332 g/mol. The lowest BCUT2D eigenvalue weighted by Gasteiger charge is -2.29. The van der Waals surface area contributed by atoms with Crippen molar-refractivity contribution in [2.75, 3.05) is 25.5 Å². The van der Waals surface area contributed by atoms with Crippen LogP contribution < -0.4 is 14.8 Å². The van der Waals surface area contributed by atoms with Gasteiger partial charge in [0.05, 0.1) is 24.6 Å². The Kier molecular flexibility index (Phi) is 4.97. The average Bonchev–Trinajstić information content (AvgIpc) is 2.61. The summed E-state index contributed by atoms with van der Waals surface area (Å²) < 4.78 is 11.6.